The van der Waals surface area contributed by atoms with Crippen molar-refractivity contribution in [2.75, 3.05) is 0 Å². The van der Waals surface area contributed by atoms with Crippen molar-refractivity contribution < 1.29 is 0 Å². The van der Waals surface area contributed by atoms with E-state index in [1.54, 1.807) is 6.20 Å². The van der Waals surface area contributed by atoms with Gasteiger partial charge in [-0.05, 0) is 30.7 Å². The molecule has 0 aliphatic heterocycles. The van der Waals surface area contributed by atoms with Crippen LogP contribution >= 0.6 is 15.9 Å². The van der Waals surface area contributed by atoms with Gasteiger partial charge in [0.2, 0.25) is 0 Å². The molecule has 0 bridgehead atoms. The topological polar surface area (TPSA) is 28.7 Å². The van der Waals surface area contributed by atoms with E-state index in [1.165, 1.54) is 11.1 Å². The highest BCUT2D eigenvalue weighted by Crippen LogP contribution is 2.24. The molecule has 0 radical (unpaired) electrons. The summed E-state index contributed by atoms with van der Waals surface area (Å²) in [5, 5.41) is 6.88. The number of nitrogens with zero attached hydrogens (tertiary/aromatic N) is 1. The average Bonchev–Trinajstić information content (AvgIpc) is 2.61. The molecule has 1 aromatic carbocycles. The van der Waals surface area contributed by atoms with Gasteiger partial charge < -0.3 is 0 Å². The Hall–Kier alpha value is -1.09. The van der Waals surface area contributed by atoms with E-state index < -0.39 is 0 Å². The minimum atomic E-state index is 1.05. The van der Waals surface area contributed by atoms with E-state index in [-0.39, 0.29) is 0 Å². The average molecular weight is 237 g/mol. The molecule has 1 heterocycles. The molecule has 13 heavy (non-hydrogen) atoms. The molecular weight excluding hydrogens is 228 g/mol. The van der Waals surface area contributed by atoms with Crippen molar-refractivity contribution in [3.63, 3.8) is 0 Å². The summed E-state index contributed by atoms with van der Waals surface area (Å²) in [5.41, 5.74) is 3.48. The molecule has 3 heteroatoms. The highest BCUT2D eigenvalue weighted by Gasteiger charge is 2.02. The Morgan fingerprint density at radius 3 is 2.85 bits per heavy atom. The fraction of sp³-hybridized carbons (Fsp3) is 0.100. The first kappa shape index (κ1) is 8.51. The molecule has 1 aromatic heterocycles. The van der Waals surface area contributed by atoms with Gasteiger partial charge in [0.05, 0.1) is 5.69 Å². The number of aryl methyl sites for hydroxylation is 1. The number of rotatable bonds is 1. The summed E-state index contributed by atoms with van der Waals surface area (Å²) in [6.07, 6.45) is 1.76. The fourth-order valence-corrected chi connectivity index (χ4v) is 1.65. The van der Waals surface area contributed by atoms with Crippen LogP contribution in [-0.4, -0.2) is 10.2 Å². The predicted molar refractivity (Wildman–Crippen MR) is 56.5 cm³/mol. The number of nitrogens with one attached hydrogen (secondary N) is 1. The van der Waals surface area contributed by atoms with E-state index in [9.17, 15) is 0 Å². The smallest absolute Gasteiger partial charge is 0.0653 e. The van der Waals surface area contributed by atoms with Crippen molar-refractivity contribution in [1.29, 1.82) is 0 Å². The number of benzene rings is 1. The largest absolute Gasteiger partial charge is 0.278 e. The molecule has 0 saturated heterocycles. The van der Waals surface area contributed by atoms with Gasteiger partial charge in [0.1, 0.15) is 0 Å². The van der Waals surface area contributed by atoms with Gasteiger partial charge in [0.25, 0.3) is 0 Å². The summed E-state index contributed by atoms with van der Waals surface area (Å²) in [5.74, 6) is 0. The van der Waals surface area contributed by atoms with Gasteiger partial charge in [-0.3, -0.25) is 5.10 Å². The van der Waals surface area contributed by atoms with Gasteiger partial charge >= 0.3 is 0 Å². The van der Waals surface area contributed by atoms with Crippen LogP contribution in [0.1, 0.15) is 5.56 Å². The third-order valence-corrected chi connectivity index (χ3v) is 2.48. The van der Waals surface area contributed by atoms with Crippen molar-refractivity contribution in [3.8, 4) is 11.3 Å². The Morgan fingerprint density at radius 2 is 2.15 bits per heavy atom. The minimum Gasteiger partial charge on any atom is -0.278 e. The molecule has 1 N–H and O–H groups in total. The van der Waals surface area contributed by atoms with E-state index >= 15 is 0 Å². The second-order valence-corrected chi connectivity index (χ2v) is 3.85. The van der Waals surface area contributed by atoms with E-state index in [0.29, 0.717) is 0 Å². The van der Waals surface area contributed by atoms with Crippen LogP contribution < -0.4 is 0 Å². The standard InChI is InChI=1S/C10H9BrN2/c1-7-2-3-8(11)6-9(7)10-4-5-12-13-10/h2-6H,1H3,(H,12,13). The normalized spacial score (nSPS) is 10.3. The number of aromatic amines is 1. The molecule has 0 fully saturated rings. The lowest BCUT2D eigenvalue weighted by Gasteiger charge is -2.02. The molecule has 0 spiro atoms. The number of hydrogen-bond donors (Lipinski definition) is 1. The molecule has 0 aliphatic rings. The fourth-order valence-electron chi connectivity index (χ4n) is 1.29. The molecular formula is C10H9BrN2. The van der Waals surface area contributed by atoms with Crippen LogP contribution in [0.3, 0.4) is 0 Å². The van der Waals surface area contributed by atoms with Crippen LogP contribution in [0.15, 0.2) is 34.9 Å². The van der Waals surface area contributed by atoms with Gasteiger partial charge in [-0.15, -0.1) is 0 Å². The van der Waals surface area contributed by atoms with Crippen molar-refractivity contribution in [2.45, 2.75) is 6.92 Å². The summed E-state index contributed by atoms with van der Waals surface area (Å²) in [7, 11) is 0. The van der Waals surface area contributed by atoms with Crippen molar-refractivity contribution in [1.82, 2.24) is 10.2 Å². The molecule has 0 saturated carbocycles. The maximum absolute atomic E-state index is 3.93. The van der Waals surface area contributed by atoms with E-state index in [2.05, 4.69) is 45.2 Å². The second kappa shape index (κ2) is 3.34. The summed E-state index contributed by atoms with van der Waals surface area (Å²) in [6, 6.07) is 8.17. The Balaban J connectivity index is 2.57. The highest BCUT2D eigenvalue weighted by molar-refractivity contribution is 9.10. The number of aromatic nitrogens is 2. The molecule has 0 unspecified atom stereocenters. The van der Waals surface area contributed by atoms with Gasteiger partial charge in [0.15, 0.2) is 0 Å². The van der Waals surface area contributed by atoms with Crippen LogP contribution in [0.2, 0.25) is 0 Å². The van der Waals surface area contributed by atoms with Gasteiger partial charge in [-0.1, -0.05) is 22.0 Å². The third kappa shape index (κ3) is 1.65. The van der Waals surface area contributed by atoms with E-state index in [0.717, 1.165) is 10.2 Å². The SMILES string of the molecule is Cc1ccc(Br)cc1-c1ccn[nH]1. The summed E-state index contributed by atoms with van der Waals surface area (Å²) in [4.78, 5) is 0. The monoisotopic (exact) mass is 236 g/mol. The second-order valence-electron chi connectivity index (χ2n) is 2.93. The van der Waals surface area contributed by atoms with E-state index in [1.807, 2.05) is 12.1 Å². The van der Waals surface area contributed by atoms with Crippen LogP contribution in [0, 0.1) is 6.92 Å². The van der Waals surface area contributed by atoms with Crippen molar-refractivity contribution in [3.05, 3.63) is 40.5 Å². The molecule has 66 valence electrons. The molecule has 2 rings (SSSR count). The van der Waals surface area contributed by atoms with Gasteiger partial charge in [0, 0.05) is 16.2 Å². The maximum atomic E-state index is 3.93. The highest BCUT2D eigenvalue weighted by atomic mass is 79.9. The first-order chi connectivity index (χ1) is 6.27. The Morgan fingerprint density at radius 1 is 1.31 bits per heavy atom. The summed E-state index contributed by atoms with van der Waals surface area (Å²) < 4.78 is 1.09. The summed E-state index contributed by atoms with van der Waals surface area (Å²) >= 11 is 3.45. The zero-order chi connectivity index (χ0) is 9.26. The zero-order valence-corrected chi connectivity index (χ0v) is 8.80. The minimum absolute atomic E-state index is 1.05. The van der Waals surface area contributed by atoms with Crippen LogP contribution in [0.4, 0.5) is 0 Å². The van der Waals surface area contributed by atoms with Crippen LogP contribution in [-0.2, 0) is 0 Å². The molecule has 0 amide bonds. The van der Waals surface area contributed by atoms with Gasteiger partial charge in [-0.2, -0.15) is 5.10 Å². The first-order valence-corrected chi connectivity index (χ1v) is 4.82. The predicted octanol–water partition coefficient (Wildman–Crippen LogP) is 3.15. The van der Waals surface area contributed by atoms with Crippen molar-refractivity contribution >= 4 is 15.9 Å². The molecule has 0 aliphatic carbocycles. The van der Waals surface area contributed by atoms with Gasteiger partial charge in [-0.25, -0.2) is 0 Å². The van der Waals surface area contributed by atoms with E-state index in [4.69, 9.17) is 0 Å². The van der Waals surface area contributed by atoms with Crippen LogP contribution in [0.5, 0.6) is 0 Å². The first-order valence-electron chi connectivity index (χ1n) is 4.03. The lowest BCUT2D eigenvalue weighted by atomic mass is 10.1. The maximum Gasteiger partial charge on any atom is 0.0653 e. The quantitative estimate of drug-likeness (QED) is 0.810. The molecule has 0 atom stereocenters. The lowest BCUT2D eigenvalue weighted by Crippen LogP contribution is -1.83. The molecule has 2 nitrogen and oxygen atoms in total. The van der Waals surface area contributed by atoms with Crippen molar-refractivity contribution in [2.24, 2.45) is 0 Å². The number of hydrogen-bond acceptors (Lipinski definition) is 1. The lowest BCUT2D eigenvalue weighted by molar-refractivity contribution is 1.09. The third-order valence-electron chi connectivity index (χ3n) is 1.99. The molecule has 2 aromatic rings. The Kier molecular flexibility index (Phi) is 2.19. The zero-order valence-electron chi connectivity index (χ0n) is 7.21. The number of halogens is 1. The number of H-pyrrole nitrogens is 1. The Labute approximate surface area is 85.1 Å². The Bertz CT molecular complexity index is 407. The summed E-state index contributed by atoms with van der Waals surface area (Å²) in [6.45, 7) is 2.09. The van der Waals surface area contributed by atoms with Crippen LogP contribution in [0.25, 0.3) is 11.3 Å².